The summed E-state index contributed by atoms with van der Waals surface area (Å²) >= 11 is 0. The second-order valence-corrected chi connectivity index (χ2v) is 24.9. The number of unbranched alkanes of at least 4 members (excludes halogenated alkanes) is 24. The van der Waals surface area contributed by atoms with E-state index in [1.807, 2.05) is 13.0 Å². The minimum absolute atomic E-state index is 0.0633. The largest absolute Gasteiger partial charge is 0.511 e. The molecule has 4 aliphatic rings. The van der Waals surface area contributed by atoms with Gasteiger partial charge in [0.05, 0.1) is 5.92 Å². The smallest absolute Gasteiger partial charge is 0.462 e. The molecule has 0 aromatic heterocycles. The van der Waals surface area contributed by atoms with E-state index in [0.29, 0.717) is 37.0 Å². The summed E-state index contributed by atoms with van der Waals surface area (Å²) in [5.74, 6) is -0.574. The third-order valence-corrected chi connectivity index (χ3v) is 18.6. The summed E-state index contributed by atoms with van der Waals surface area (Å²) in [7, 11) is 0. The van der Waals surface area contributed by atoms with Gasteiger partial charge in [-0.3, -0.25) is 24.0 Å². The molecule has 442 valence electrons. The van der Waals surface area contributed by atoms with Crippen LogP contribution in [0.4, 0.5) is 4.79 Å². The van der Waals surface area contributed by atoms with Crippen LogP contribution in [0.5, 0.6) is 0 Å². The molecule has 0 bridgehead atoms. The van der Waals surface area contributed by atoms with Crippen LogP contribution in [-0.4, -0.2) is 68.0 Å². The minimum Gasteiger partial charge on any atom is -0.462 e. The SMILES string of the molecule is CCCCCCCCCCCCCCCC(=O)OCC(COC(=O)CCCCCCCCCCCCCCC)OC(=O)CC(C)CCC(C)C(=O)OCOC(=O)OC1CC[C@H]2[C@@H]3CCC4=CC(=O)CC[C@]4(C)[C@H]3CC[C@]12C. The van der Waals surface area contributed by atoms with Gasteiger partial charge in [0.15, 0.2) is 11.9 Å². The number of rotatable bonds is 42. The minimum atomic E-state index is -0.925. The topological polar surface area (TPSA) is 158 Å². The first kappa shape index (κ1) is 66.1. The lowest BCUT2D eigenvalue weighted by atomic mass is 9.47. The molecule has 3 fully saturated rings. The molecule has 0 N–H and O–H groups in total. The van der Waals surface area contributed by atoms with Gasteiger partial charge in [0.25, 0.3) is 0 Å². The molecule has 3 saturated carbocycles. The number of carbonyl (C=O) groups excluding carboxylic acids is 6. The average molecular weight is 1080 g/mol. The summed E-state index contributed by atoms with van der Waals surface area (Å²) in [4.78, 5) is 76.9. The molecular weight excluding hydrogens is 973 g/mol. The Bertz CT molecular complexity index is 1710. The third-order valence-electron chi connectivity index (χ3n) is 18.6. The van der Waals surface area contributed by atoms with Gasteiger partial charge in [0, 0.05) is 31.1 Å². The first-order valence-electron chi connectivity index (χ1n) is 31.9. The van der Waals surface area contributed by atoms with Crippen molar-refractivity contribution < 1.29 is 57.2 Å². The zero-order valence-electron chi connectivity index (χ0n) is 49.7. The molecule has 12 heteroatoms. The normalized spacial score (nSPS) is 23.5. The van der Waals surface area contributed by atoms with Crippen molar-refractivity contribution in [2.45, 2.75) is 304 Å². The molecule has 0 spiro atoms. The lowest BCUT2D eigenvalue weighted by Crippen LogP contribution is -2.51. The number of ether oxygens (including phenoxy) is 6. The van der Waals surface area contributed by atoms with Gasteiger partial charge in [-0.25, -0.2) is 4.79 Å². The Morgan fingerprint density at radius 2 is 1.06 bits per heavy atom. The summed E-state index contributed by atoms with van der Waals surface area (Å²) in [5.41, 5.74) is 1.28. The fourth-order valence-corrected chi connectivity index (χ4v) is 13.6. The highest BCUT2D eigenvalue weighted by molar-refractivity contribution is 5.91. The molecule has 0 saturated heterocycles. The quantitative estimate of drug-likeness (QED) is 0.0247. The van der Waals surface area contributed by atoms with Gasteiger partial charge in [0.1, 0.15) is 19.3 Å². The van der Waals surface area contributed by atoms with Gasteiger partial charge < -0.3 is 28.4 Å². The maximum atomic E-state index is 13.2. The van der Waals surface area contributed by atoms with Crippen LogP contribution in [0.15, 0.2) is 11.6 Å². The van der Waals surface area contributed by atoms with Gasteiger partial charge in [0.2, 0.25) is 6.79 Å². The molecular formula is C65H110O12. The highest BCUT2D eigenvalue weighted by Gasteiger charge is 2.60. The Kier molecular flexibility index (Phi) is 32.2. The summed E-state index contributed by atoms with van der Waals surface area (Å²) in [6, 6.07) is 0. The maximum absolute atomic E-state index is 13.2. The van der Waals surface area contributed by atoms with E-state index in [1.165, 1.54) is 134 Å². The zero-order chi connectivity index (χ0) is 55.7. The summed E-state index contributed by atoms with van der Waals surface area (Å²) in [5, 5.41) is 0. The maximum Gasteiger partial charge on any atom is 0.511 e. The Morgan fingerprint density at radius 3 is 1.58 bits per heavy atom. The Hall–Kier alpha value is -3.44. The lowest BCUT2D eigenvalue weighted by molar-refractivity contribution is -0.167. The monoisotopic (exact) mass is 1080 g/mol. The molecule has 8 atom stereocenters. The van der Waals surface area contributed by atoms with Crippen molar-refractivity contribution in [2.24, 2.45) is 40.4 Å². The molecule has 3 unspecified atom stereocenters. The van der Waals surface area contributed by atoms with E-state index in [9.17, 15) is 28.8 Å². The van der Waals surface area contributed by atoms with Crippen LogP contribution in [0.2, 0.25) is 0 Å². The molecule has 0 aromatic carbocycles. The van der Waals surface area contributed by atoms with Crippen LogP contribution in [0, 0.1) is 40.4 Å². The van der Waals surface area contributed by atoms with E-state index in [-0.39, 0.29) is 73.0 Å². The van der Waals surface area contributed by atoms with Crippen molar-refractivity contribution in [1.82, 2.24) is 0 Å². The molecule has 77 heavy (non-hydrogen) atoms. The highest BCUT2D eigenvalue weighted by Crippen LogP contribution is 2.65. The van der Waals surface area contributed by atoms with Gasteiger partial charge in [-0.15, -0.1) is 0 Å². The van der Waals surface area contributed by atoms with Gasteiger partial charge in [-0.1, -0.05) is 201 Å². The summed E-state index contributed by atoms with van der Waals surface area (Å²) < 4.78 is 33.5. The molecule has 0 aromatic rings. The Morgan fingerprint density at radius 1 is 0.558 bits per heavy atom. The van der Waals surface area contributed by atoms with E-state index in [4.69, 9.17) is 28.4 Å². The number of hydrogen-bond donors (Lipinski definition) is 0. The van der Waals surface area contributed by atoms with Crippen molar-refractivity contribution >= 4 is 35.8 Å². The number of hydrogen-bond acceptors (Lipinski definition) is 12. The molecule has 0 aliphatic heterocycles. The van der Waals surface area contributed by atoms with Crippen LogP contribution in [0.1, 0.15) is 292 Å². The number of fused-ring (bicyclic) bond motifs is 5. The van der Waals surface area contributed by atoms with E-state index < -0.39 is 36.9 Å². The second-order valence-electron chi connectivity index (χ2n) is 24.9. The lowest BCUT2D eigenvalue weighted by Gasteiger charge is -2.57. The number of ketones is 1. The summed E-state index contributed by atoms with van der Waals surface area (Å²) in [6.45, 7) is 11.9. The molecule has 4 aliphatic carbocycles. The van der Waals surface area contributed by atoms with E-state index in [2.05, 4.69) is 27.7 Å². The molecule has 0 heterocycles. The highest BCUT2D eigenvalue weighted by atomic mass is 16.8. The van der Waals surface area contributed by atoms with Crippen LogP contribution in [-0.2, 0) is 52.4 Å². The molecule has 0 amide bonds. The molecule has 0 radical (unpaired) electrons. The first-order chi connectivity index (χ1) is 37.2. The molecule has 4 rings (SSSR count). The summed E-state index contributed by atoms with van der Waals surface area (Å²) in [6.07, 6.45) is 40.5. The van der Waals surface area contributed by atoms with Crippen molar-refractivity contribution in [3.63, 3.8) is 0 Å². The number of carbonyl (C=O) groups is 6. The van der Waals surface area contributed by atoms with Gasteiger partial charge in [-0.2, -0.15) is 0 Å². The first-order valence-corrected chi connectivity index (χ1v) is 31.9. The fraction of sp³-hybridized carbons (Fsp3) is 0.877. The predicted molar refractivity (Wildman–Crippen MR) is 304 cm³/mol. The van der Waals surface area contributed by atoms with E-state index in [0.717, 1.165) is 83.5 Å². The van der Waals surface area contributed by atoms with Crippen LogP contribution in [0.25, 0.3) is 0 Å². The zero-order valence-corrected chi connectivity index (χ0v) is 49.7. The van der Waals surface area contributed by atoms with Crippen LogP contribution >= 0.6 is 0 Å². The third kappa shape index (κ3) is 24.4. The fourth-order valence-electron chi connectivity index (χ4n) is 13.6. The number of esters is 4. The average Bonchev–Trinajstić information content (AvgIpc) is 3.74. The van der Waals surface area contributed by atoms with Crippen molar-refractivity contribution in [1.29, 1.82) is 0 Å². The molecule has 12 nitrogen and oxygen atoms in total. The Balaban J connectivity index is 1.11. The van der Waals surface area contributed by atoms with Crippen LogP contribution in [0.3, 0.4) is 0 Å². The van der Waals surface area contributed by atoms with E-state index in [1.54, 1.807) is 6.92 Å². The van der Waals surface area contributed by atoms with Crippen LogP contribution < -0.4 is 0 Å². The van der Waals surface area contributed by atoms with E-state index >= 15 is 0 Å². The van der Waals surface area contributed by atoms with Crippen molar-refractivity contribution in [3.8, 4) is 0 Å². The number of allylic oxidation sites excluding steroid dienone is 1. The van der Waals surface area contributed by atoms with Gasteiger partial charge >= 0.3 is 30.0 Å². The standard InChI is InChI=1S/C65H110O12/c1-7-9-11-13-15-17-19-21-23-25-27-29-31-33-59(67)72-47-54(48-73-60(68)34-32-30-28-26-24-22-20-18-16-14-12-10-8-2)76-61(69)45-50(3)35-36-51(4)62(70)74-49-75-63(71)77-58-40-39-56-55-38-37-52-46-53(66)41-43-64(52,5)57(55)42-44-65(56,58)6/h46,50-51,54-58H,7-45,47-49H2,1-6H3/t50?,51?,55-,56-,57-,58?,64-,65-/m0/s1. The Labute approximate surface area is 467 Å². The van der Waals surface area contributed by atoms with Gasteiger partial charge in [-0.05, 0) is 106 Å². The second kappa shape index (κ2) is 37.5. The van der Waals surface area contributed by atoms with Crippen molar-refractivity contribution in [3.05, 3.63) is 11.6 Å². The predicted octanol–water partition coefficient (Wildman–Crippen LogP) is 16.9. The van der Waals surface area contributed by atoms with Crippen molar-refractivity contribution in [2.75, 3.05) is 20.0 Å².